The van der Waals surface area contributed by atoms with E-state index in [1.807, 2.05) is 6.92 Å². The molecule has 7 heteroatoms. The zero-order chi connectivity index (χ0) is 20.4. The number of amides is 1. The van der Waals surface area contributed by atoms with Crippen LogP contribution in [0.2, 0.25) is 0 Å². The second kappa shape index (κ2) is 8.61. The molecule has 3 heterocycles. The van der Waals surface area contributed by atoms with Crippen LogP contribution in [0.4, 0.5) is 4.39 Å². The molecule has 0 radical (unpaired) electrons. The molecule has 0 aliphatic carbocycles. The highest BCUT2D eigenvalue weighted by molar-refractivity contribution is 5.79. The fourth-order valence-corrected chi connectivity index (χ4v) is 4.32. The molecule has 1 aromatic carbocycles. The number of nitrogens with zero attached hydrogens (tertiary/aromatic N) is 4. The number of piperidine rings is 2. The van der Waals surface area contributed by atoms with Gasteiger partial charge in [0.25, 0.3) is 0 Å². The highest BCUT2D eigenvalue weighted by Gasteiger charge is 2.32. The molecule has 1 atom stereocenters. The summed E-state index contributed by atoms with van der Waals surface area (Å²) in [5, 5.41) is 4.04. The number of aromatic nitrogens is 2. The smallest absolute Gasteiger partial charge is 0.244 e. The molecule has 2 fully saturated rings. The number of halogens is 1. The fourth-order valence-electron chi connectivity index (χ4n) is 4.32. The van der Waals surface area contributed by atoms with E-state index < -0.39 is 0 Å². The Balaban J connectivity index is 1.36. The maximum Gasteiger partial charge on any atom is 0.244 e. The minimum Gasteiger partial charge on any atom is -0.342 e. The van der Waals surface area contributed by atoms with E-state index in [1.165, 1.54) is 12.5 Å². The van der Waals surface area contributed by atoms with E-state index >= 15 is 0 Å². The van der Waals surface area contributed by atoms with Crippen LogP contribution in [0.1, 0.15) is 56.5 Å². The van der Waals surface area contributed by atoms with Gasteiger partial charge in [0.15, 0.2) is 0 Å². The van der Waals surface area contributed by atoms with Gasteiger partial charge in [0.2, 0.25) is 17.6 Å². The molecule has 156 valence electrons. The molecule has 1 unspecified atom stereocenters. The minimum atomic E-state index is -0.276. The molecule has 4 rings (SSSR count). The first-order valence-corrected chi connectivity index (χ1v) is 10.7. The molecule has 0 spiro atoms. The van der Waals surface area contributed by atoms with E-state index in [-0.39, 0.29) is 17.8 Å². The van der Waals surface area contributed by atoms with Gasteiger partial charge in [0.05, 0.1) is 6.04 Å². The molecule has 1 amide bonds. The highest BCUT2D eigenvalue weighted by atomic mass is 19.1. The van der Waals surface area contributed by atoms with E-state index in [4.69, 9.17) is 4.52 Å². The molecule has 1 aromatic heterocycles. The van der Waals surface area contributed by atoms with Crippen LogP contribution in [0, 0.1) is 18.7 Å². The van der Waals surface area contributed by atoms with Crippen molar-refractivity contribution >= 4 is 5.91 Å². The van der Waals surface area contributed by atoms with E-state index in [0.717, 1.165) is 51.9 Å². The molecule has 2 saturated heterocycles. The maximum absolute atomic E-state index is 13.8. The lowest BCUT2D eigenvalue weighted by Crippen LogP contribution is -2.44. The molecule has 0 saturated carbocycles. The number of rotatable bonds is 4. The Morgan fingerprint density at radius 3 is 2.59 bits per heavy atom. The van der Waals surface area contributed by atoms with Crippen molar-refractivity contribution in [1.29, 1.82) is 0 Å². The second-order valence-corrected chi connectivity index (χ2v) is 8.29. The zero-order valence-corrected chi connectivity index (χ0v) is 17.2. The summed E-state index contributed by atoms with van der Waals surface area (Å²) in [6.45, 7) is 7.27. The zero-order valence-electron chi connectivity index (χ0n) is 17.2. The third-order valence-corrected chi connectivity index (χ3v) is 6.32. The number of aryl methyl sites for hydroxylation is 1. The molecule has 2 aliphatic rings. The van der Waals surface area contributed by atoms with Crippen molar-refractivity contribution in [1.82, 2.24) is 19.9 Å². The molecule has 6 nitrogen and oxygen atoms in total. The van der Waals surface area contributed by atoms with Gasteiger partial charge in [-0.05, 0) is 70.7 Å². The first kappa shape index (κ1) is 20.0. The molecule has 0 bridgehead atoms. The van der Waals surface area contributed by atoms with Crippen molar-refractivity contribution < 1.29 is 13.7 Å². The van der Waals surface area contributed by atoms with E-state index in [0.29, 0.717) is 28.7 Å². The Morgan fingerprint density at radius 2 is 1.90 bits per heavy atom. The molecule has 2 aromatic rings. The Morgan fingerprint density at radius 1 is 1.17 bits per heavy atom. The van der Waals surface area contributed by atoms with Crippen LogP contribution < -0.4 is 0 Å². The summed E-state index contributed by atoms with van der Waals surface area (Å²) in [5.41, 5.74) is 1.20. The average molecular weight is 400 g/mol. The summed E-state index contributed by atoms with van der Waals surface area (Å²) >= 11 is 0. The third-order valence-electron chi connectivity index (χ3n) is 6.32. The first-order chi connectivity index (χ1) is 14.0. The van der Waals surface area contributed by atoms with Gasteiger partial charge < -0.3 is 9.42 Å². The second-order valence-electron chi connectivity index (χ2n) is 8.29. The summed E-state index contributed by atoms with van der Waals surface area (Å²) in [5.74, 6) is 1.12. The Bertz CT molecular complexity index is 854. The van der Waals surface area contributed by atoms with Crippen LogP contribution in [0.25, 0.3) is 11.4 Å². The number of benzene rings is 1. The van der Waals surface area contributed by atoms with Gasteiger partial charge >= 0.3 is 0 Å². The average Bonchev–Trinajstić information content (AvgIpc) is 3.25. The molecule has 2 aliphatic heterocycles. The standard InChI is InChI=1S/C22H29FN4O2/c1-15-6-7-18(14-19(15)23)20-24-21(29-25-20)16(2)26-12-8-17(9-13-26)22(28)27-10-4-3-5-11-27/h6-7,14,16-17H,3-5,8-13H2,1-2H3. The largest absolute Gasteiger partial charge is 0.342 e. The van der Waals surface area contributed by atoms with Crippen molar-refractivity contribution in [3.05, 3.63) is 35.5 Å². The van der Waals surface area contributed by atoms with Gasteiger partial charge in [-0.3, -0.25) is 9.69 Å². The summed E-state index contributed by atoms with van der Waals surface area (Å²) in [6, 6.07) is 4.92. The van der Waals surface area contributed by atoms with E-state index in [2.05, 4.69) is 19.9 Å². The quantitative estimate of drug-likeness (QED) is 0.777. The lowest BCUT2D eigenvalue weighted by Gasteiger charge is -2.37. The Labute approximate surface area is 171 Å². The Kier molecular flexibility index (Phi) is 5.94. The van der Waals surface area contributed by atoms with E-state index in [1.54, 1.807) is 19.1 Å². The number of carbonyl (C=O) groups is 1. The molecular weight excluding hydrogens is 371 g/mol. The highest BCUT2D eigenvalue weighted by Crippen LogP contribution is 2.29. The summed E-state index contributed by atoms with van der Waals surface area (Å²) in [7, 11) is 0. The van der Waals surface area contributed by atoms with Crippen LogP contribution >= 0.6 is 0 Å². The van der Waals surface area contributed by atoms with Crippen LogP contribution in [0.3, 0.4) is 0 Å². The maximum atomic E-state index is 13.8. The van der Waals surface area contributed by atoms with Crippen molar-refractivity contribution in [2.45, 2.75) is 52.0 Å². The summed E-state index contributed by atoms with van der Waals surface area (Å²) in [4.78, 5) is 21.6. The minimum absolute atomic E-state index is 0.0300. The number of carbonyl (C=O) groups excluding carboxylic acids is 1. The molecule has 29 heavy (non-hydrogen) atoms. The van der Waals surface area contributed by atoms with Crippen molar-refractivity contribution in [2.24, 2.45) is 5.92 Å². The monoisotopic (exact) mass is 400 g/mol. The van der Waals surface area contributed by atoms with Crippen molar-refractivity contribution in [3.8, 4) is 11.4 Å². The number of hydrogen-bond donors (Lipinski definition) is 0. The normalized spacial score (nSPS) is 20.0. The topological polar surface area (TPSA) is 62.5 Å². The van der Waals surface area contributed by atoms with Gasteiger partial charge in [0.1, 0.15) is 5.82 Å². The Hall–Kier alpha value is -2.28. The SMILES string of the molecule is Cc1ccc(-c2noc(C(C)N3CCC(C(=O)N4CCCCC4)CC3)n2)cc1F. The van der Waals surface area contributed by atoms with Gasteiger partial charge in [-0.2, -0.15) is 4.98 Å². The lowest BCUT2D eigenvalue weighted by molar-refractivity contribution is -0.138. The summed E-state index contributed by atoms with van der Waals surface area (Å²) < 4.78 is 19.3. The van der Waals surface area contributed by atoms with Gasteiger partial charge in [-0.25, -0.2) is 4.39 Å². The van der Waals surface area contributed by atoms with Crippen LogP contribution in [0.5, 0.6) is 0 Å². The van der Waals surface area contributed by atoms with Crippen LogP contribution in [0.15, 0.2) is 22.7 Å². The van der Waals surface area contributed by atoms with E-state index in [9.17, 15) is 9.18 Å². The van der Waals surface area contributed by atoms with Crippen molar-refractivity contribution in [3.63, 3.8) is 0 Å². The van der Waals surface area contributed by atoms with Crippen LogP contribution in [-0.4, -0.2) is 52.0 Å². The lowest BCUT2D eigenvalue weighted by atomic mass is 9.93. The van der Waals surface area contributed by atoms with Gasteiger partial charge in [-0.15, -0.1) is 0 Å². The van der Waals surface area contributed by atoms with Crippen LogP contribution in [-0.2, 0) is 4.79 Å². The molecular formula is C22H29FN4O2. The fraction of sp³-hybridized carbons (Fsp3) is 0.591. The number of hydrogen-bond acceptors (Lipinski definition) is 5. The summed E-state index contributed by atoms with van der Waals surface area (Å²) in [6.07, 6.45) is 5.23. The number of likely N-dealkylation sites (tertiary alicyclic amines) is 2. The van der Waals surface area contributed by atoms with Gasteiger partial charge in [0, 0.05) is 24.6 Å². The predicted octanol–water partition coefficient (Wildman–Crippen LogP) is 3.97. The predicted molar refractivity (Wildman–Crippen MR) is 108 cm³/mol. The van der Waals surface area contributed by atoms with Crippen molar-refractivity contribution in [2.75, 3.05) is 26.2 Å². The van der Waals surface area contributed by atoms with Gasteiger partial charge in [-0.1, -0.05) is 17.3 Å². The first-order valence-electron chi connectivity index (χ1n) is 10.7. The third kappa shape index (κ3) is 4.34. The molecule has 0 N–H and O–H groups in total.